The third-order valence-electron chi connectivity index (χ3n) is 4.12. The van der Waals surface area contributed by atoms with E-state index < -0.39 is 0 Å². The lowest BCUT2D eigenvalue weighted by Gasteiger charge is -2.22. The topological polar surface area (TPSA) is 64.1 Å². The number of hydrogen-bond acceptors (Lipinski definition) is 4. The van der Waals surface area contributed by atoms with E-state index in [1.807, 2.05) is 12.1 Å². The van der Waals surface area contributed by atoms with Crippen LogP contribution in [0.3, 0.4) is 0 Å². The van der Waals surface area contributed by atoms with Crippen LogP contribution in [0.1, 0.15) is 31.7 Å². The molecule has 0 aliphatic carbocycles. The zero-order valence-corrected chi connectivity index (χ0v) is 16.1. The fourth-order valence-electron chi connectivity index (χ4n) is 2.66. The van der Waals surface area contributed by atoms with E-state index in [0.717, 1.165) is 63.9 Å². The molecular weight excluding hydrogens is 330 g/mol. The van der Waals surface area contributed by atoms with Gasteiger partial charge in [-0.3, -0.25) is 4.99 Å². The second kappa shape index (κ2) is 12.5. The molecule has 0 bridgehead atoms. The van der Waals surface area contributed by atoms with Crippen molar-refractivity contribution in [1.29, 1.82) is 0 Å². The van der Waals surface area contributed by atoms with Crippen LogP contribution in [-0.2, 0) is 9.47 Å². The Bertz CT molecular complexity index is 514. The van der Waals surface area contributed by atoms with Gasteiger partial charge in [-0.1, -0.05) is 17.7 Å². The first kappa shape index (κ1) is 20.5. The van der Waals surface area contributed by atoms with Crippen LogP contribution in [0.2, 0.25) is 0 Å². The summed E-state index contributed by atoms with van der Waals surface area (Å²) in [5, 5.41) is 6.55. The van der Waals surface area contributed by atoms with Gasteiger partial charge in [-0.05, 0) is 45.2 Å². The van der Waals surface area contributed by atoms with E-state index in [-0.39, 0.29) is 0 Å². The zero-order chi connectivity index (χ0) is 18.5. The molecule has 1 saturated heterocycles. The average Bonchev–Trinajstić information content (AvgIpc) is 2.67. The Kier molecular flexibility index (Phi) is 9.90. The lowest BCUT2D eigenvalue weighted by molar-refractivity contribution is -0.0318. The van der Waals surface area contributed by atoms with Crippen LogP contribution in [0, 0.1) is 6.92 Å². The summed E-state index contributed by atoms with van der Waals surface area (Å²) < 4.78 is 16.9. The molecule has 0 aromatic heterocycles. The Morgan fingerprint density at radius 2 is 1.92 bits per heavy atom. The van der Waals surface area contributed by atoms with E-state index in [4.69, 9.17) is 14.2 Å². The minimum absolute atomic E-state index is 0.359. The number of hydrogen-bond donors (Lipinski definition) is 2. The third kappa shape index (κ3) is 8.54. The highest BCUT2D eigenvalue weighted by molar-refractivity contribution is 5.79. The summed E-state index contributed by atoms with van der Waals surface area (Å²) in [6, 6.07) is 8.09. The van der Waals surface area contributed by atoms with Crippen LogP contribution in [0.15, 0.2) is 29.3 Å². The SMILES string of the molecule is CCNC(=NCCCOC1CCOCC1)NCCOc1ccc(C)cc1. The highest BCUT2D eigenvalue weighted by atomic mass is 16.5. The molecule has 1 aromatic carbocycles. The average molecular weight is 364 g/mol. The van der Waals surface area contributed by atoms with E-state index in [9.17, 15) is 0 Å². The summed E-state index contributed by atoms with van der Waals surface area (Å²) in [7, 11) is 0. The quantitative estimate of drug-likeness (QED) is 0.380. The Balaban J connectivity index is 1.58. The number of rotatable bonds is 10. The van der Waals surface area contributed by atoms with Crippen molar-refractivity contribution in [1.82, 2.24) is 10.6 Å². The van der Waals surface area contributed by atoms with E-state index in [1.54, 1.807) is 0 Å². The monoisotopic (exact) mass is 363 g/mol. The van der Waals surface area contributed by atoms with Crippen molar-refractivity contribution >= 4 is 5.96 Å². The Hall–Kier alpha value is -1.79. The molecule has 6 nitrogen and oxygen atoms in total. The summed E-state index contributed by atoms with van der Waals surface area (Å²) in [5.74, 6) is 1.72. The van der Waals surface area contributed by atoms with Gasteiger partial charge in [0.15, 0.2) is 5.96 Å². The summed E-state index contributed by atoms with van der Waals surface area (Å²) in [6.07, 6.45) is 3.30. The molecule has 2 rings (SSSR count). The number of aryl methyl sites for hydroxylation is 1. The maximum atomic E-state index is 5.87. The fourth-order valence-corrected chi connectivity index (χ4v) is 2.66. The first-order chi connectivity index (χ1) is 12.8. The Morgan fingerprint density at radius 1 is 1.15 bits per heavy atom. The molecule has 0 radical (unpaired) electrons. The van der Waals surface area contributed by atoms with Gasteiger partial charge in [-0.15, -0.1) is 0 Å². The second-order valence-electron chi connectivity index (χ2n) is 6.39. The highest BCUT2D eigenvalue weighted by Gasteiger charge is 2.13. The second-order valence-corrected chi connectivity index (χ2v) is 6.39. The summed E-state index contributed by atoms with van der Waals surface area (Å²) in [5.41, 5.74) is 1.23. The van der Waals surface area contributed by atoms with Gasteiger partial charge in [0, 0.05) is 32.9 Å². The summed E-state index contributed by atoms with van der Waals surface area (Å²) in [4.78, 5) is 4.59. The van der Waals surface area contributed by atoms with E-state index >= 15 is 0 Å². The van der Waals surface area contributed by atoms with Crippen LogP contribution >= 0.6 is 0 Å². The zero-order valence-electron chi connectivity index (χ0n) is 16.1. The van der Waals surface area contributed by atoms with Crippen molar-refractivity contribution in [3.63, 3.8) is 0 Å². The minimum atomic E-state index is 0.359. The van der Waals surface area contributed by atoms with Crippen LogP contribution in [0.4, 0.5) is 0 Å². The first-order valence-corrected chi connectivity index (χ1v) is 9.69. The Labute approximate surface area is 157 Å². The number of ether oxygens (including phenoxy) is 3. The molecule has 146 valence electrons. The smallest absolute Gasteiger partial charge is 0.191 e. The van der Waals surface area contributed by atoms with Gasteiger partial charge in [0.25, 0.3) is 0 Å². The van der Waals surface area contributed by atoms with Crippen molar-refractivity contribution in [3.8, 4) is 5.75 Å². The molecule has 0 unspecified atom stereocenters. The maximum Gasteiger partial charge on any atom is 0.191 e. The molecule has 1 heterocycles. The largest absolute Gasteiger partial charge is 0.492 e. The van der Waals surface area contributed by atoms with Crippen molar-refractivity contribution in [3.05, 3.63) is 29.8 Å². The molecule has 0 amide bonds. The molecule has 0 atom stereocenters. The molecule has 1 fully saturated rings. The van der Waals surface area contributed by atoms with Crippen LogP contribution in [-0.4, -0.2) is 58.1 Å². The van der Waals surface area contributed by atoms with Gasteiger partial charge in [-0.2, -0.15) is 0 Å². The maximum absolute atomic E-state index is 5.87. The molecule has 1 aliphatic heterocycles. The van der Waals surface area contributed by atoms with Gasteiger partial charge in [0.05, 0.1) is 12.6 Å². The third-order valence-corrected chi connectivity index (χ3v) is 4.12. The molecule has 26 heavy (non-hydrogen) atoms. The highest BCUT2D eigenvalue weighted by Crippen LogP contribution is 2.11. The van der Waals surface area contributed by atoms with Gasteiger partial charge in [0.2, 0.25) is 0 Å². The van der Waals surface area contributed by atoms with Gasteiger partial charge in [-0.25, -0.2) is 0 Å². The van der Waals surface area contributed by atoms with E-state index in [2.05, 4.69) is 41.6 Å². The Morgan fingerprint density at radius 3 is 2.65 bits per heavy atom. The van der Waals surface area contributed by atoms with Crippen LogP contribution in [0.25, 0.3) is 0 Å². The van der Waals surface area contributed by atoms with Crippen molar-refractivity contribution < 1.29 is 14.2 Å². The number of guanidine groups is 1. The summed E-state index contributed by atoms with van der Waals surface area (Å²) >= 11 is 0. The normalized spacial score (nSPS) is 15.7. The minimum Gasteiger partial charge on any atom is -0.492 e. The predicted octanol–water partition coefficient (Wildman–Crippen LogP) is 2.51. The van der Waals surface area contributed by atoms with Gasteiger partial charge >= 0.3 is 0 Å². The lowest BCUT2D eigenvalue weighted by Crippen LogP contribution is -2.39. The van der Waals surface area contributed by atoms with E-state index in [1.165, 1.54) is 5.56 Å². The molecule has 6 heteroatoms. The number of aliphatic imine (C=N–C) groups is 1. The van der Waals surface area contributed by atoms with Crippen LogP contribution in [0.5, 0.6) is 5.75 Å². The standard InChI is InChI=1S/C20H33N3O3/c1-3-21-20(22-11-4-13-25-19-9-14-24-15-10-19)23-12-16-26-18-7-5-17(2)6-8-18/h5-8,19H,3-4,9-16H2,1-2H3,(H2,21,22,23). The molecular formula is C20H33N3O3. The number of nitrogens with one attached hydrogen (secondary N) is 2. The van der Waals surface area contributed by atoms with Crippen molar-refractivity contribution in [2.45, 2.75) is 39.2 Å². The van der Waals surface area contributed by atoms with Gasteiger partial charge in [0.1, 0.15) is 12.4 Å². The first-order valence-electron chi connectivity index (χ1n) is 9.69. The molecule has 1 aliphatic rings. The molecule has 0 saturated carbocycles. The van der Waals surface area contributed by atoms with Crippen molar-refractivity contribution in [2.24, 2.45) is 4.99 Å². The lowest BCUT2D eigenvalue weighted by atomic mass is 10.1. The predicted molar refractivity (Wildman–Crippen MR) is 105 cm³/mol. The molecule has 1 aromatic rings. The van der Waals surface area contributed by atoms with Crippen molar-refractivity contribution in [2.75, 3.05) is 46.1 Å². The molecule has 2 N–H and O–H groups in total. The van der Waals surface area contributed by atoms with Gasteiger partial charge < -0.3 is 24.8 Å². The number of benzene rings is 1. The molecule has 0 spiro atoms. The van der Waals surface area contributed by atoms with Crippen LogP contribution < -0.4 is 15.4 Å². The van der Waals surface area contributed by atoms with E-state index in [0.29, 0.717) is 19.3 Å². The summed E-state index contributed by atoms with van der Waals surface area (Å²) in [6.45, 7) is 9.42. The number of nitrogens with zero attached hydrogens (tertiary/aromatic N) is 1. The fraction of sp³-hybridized carbons (Fsp3) is 0.650.